The summed E-state index contributed by atoms with van der Waals surface area (Å²) in [6.45, 7) is 2.22. The molecule has 1 atom stereocenters. The highest BCUT2D eigenvalue weighted by Crippen LogP contribution is 2.19. The Hall–Kier alpha value is -0.570. The van der Waals surface area contributed by atoms with Gasteiger partial charge in [0.15, 0.2) is 0 Å². The van der Waals surface area contributed by atoms with Gasteiger partial charge in [-0.25, -0.2) is 0 Å². The Morgan fingerprint density at radius 3 is 2.50 bits per heavy atom. The molecule has 0 spiro atoms. The largest absolute Gasteiger partial charge is 0.327 e. The molecule has 1 aliphatic heterocycles. The van der Waals surface area contributed by atoms with E-state index >= 15 is 0 Å². The molecular weight excluding hydrogens is 220 g/mol. The maximum atomic E-state index is 6.26. The molecule has 0 bridgehead atoms. The second kappa shape index (κ2) is 5.67. The SMILES string of the molecule is NC(Cc1ccc(Cl)cc1)C1CCNCC1. The number of hydrogen-bond acceptors (Lipinski definition) is 2. The molecule has 1 fully saturated rings. The van der Waals surface area contributed by atoms with Gasteiger partial charge in [-0.05, 0) is 56.0 Å². The molecule has 16 heavy (non-hydrogen) atoms. The first-order valence-electron chi connectivity index (χ1n) is 5.96. The van der Waals surface area contributed by atoms with Gasteiger partial charge in [0.2, 0.25) is 0 Å². The molecule has 0 amide bonds. The predicted molar refractivity (Wildman–Crippen MR) is 68.7 cm³/mol. The van der Waals surface area contributed by atoms with Crippen LogP contribution in [0.1, 0.15) is 18.4 Å². The lowest BCUT2D eigenvalue weighted by Crippen LogP contribution is -2.39. The Labute approximate surface area is 102 Å². The first kappa shape index (κ1) is 11.9. The fraction of sp³-hybridized carbons (Fsp3) is 0.538. The Balaban J connectivity index is 1.90. The van der Waals surface area contributed by atoms with E-state index in [9.17, 15) is 0 Å². The van der Waals surface area contributed by atoms with Crippen LogP contribution in [0.3, 0.4) is 0 Å². The topological polar surface area (TPSA) is 38.0 Å². The van der Waals surface area contributed by atoms with Crippen molar-refractivity contribution in [3.63, 3.8) is 0 Å². The zero-order valence-electron chi connectivity index (χ0n) is 9.45. The van der Waals surface area contributed by atoms with Gasteiger partial charge in [-0.1, -0.05) is 23.7 Å². The van der Waals surface area contributed by atoms with Crippen LogP contribution < -0.4 is 11.1 Å². The van der Waals surface area contributed by atoms with Crippen LogP contribution in [0, 0.1) is 5.92 Å². The summed E-state index contributed by atoms with van der Waals surface area (Å²) in [4.78, 5) is 0. The summed E-state index contributed by atoms with van der Waals surface area (Å²) in [6, 6.07) is 8.30. The molecule has 1 saturated heterocycles. The van der Waals surface area contributed by atoms with Gasteiger partial charge in [-0.15, -0.1) is 0 Å². The van der Waals surface area contributed by atoms with Crippen LogP contribution in [0.15, 0.2) is 24.3 Å². The maximum absolute atomic E-state index is 6.26. The van der Waals surface area contributed by atoms with Crippen LogP contribution in [0.4, 0.5) is 0 Å². The summed E-state index contributed by atoms with van der Waals surface area (Å²) in [5.41, 5.74) is 7.55. The maximum Gasteiger partial charge on any atom is 0.0406 e. The molecule has 2 nitrogen and oxygen atoms in total. The fourth-order valence-corrected chi connectivity index (χ4v) is 2.46. The molecule has 3 heteroatoms. The molecule has 1 aliphatic rings. The van der Waals surface area contributed by atoms with Crippen LogP contribution in [0.5, 0.6) is 0 Å². The zero-order chi connectivity index (χ0) is 11.4. The van der Waals surface area contributed by atoms with Crippen molar-refractivity contribution in [2.24, 2.45) is 11.7 Å². The molecule has 88 valence electrons. The summed E-state index contributed by atoms with van der Waals surface area (Å²) in [5, 5.41) is 4.16. The minimum Gasteiger partial charge on any atom is -0.327 e. The van der Waals surface area contributed by atoms with E-state index in [-0.39, 0.29) is 6.04 Å². The average Bonchev–Trinajstić information content (AvgIpc) is 2.33. The van der Waals surface area contributed by atoms with Crippen molar-refractivity contribution < 1.29 is 0 Å². The van der Waals surface area contributed by atoms with Crippen LogP contribution in [0.25, 0.3) is 0 Å². The summed E-state index contributed by atoms with van der Waals surface area (Å²) in [6.07, 6.45) is 3.37. The molecule has 3 N–H and O–H groups in total. The molecule has 1 aromatic carbocycles. The van der Waals surface area contributed by atoms with E-state index in [1.54, 1.807) is 0 Å². The van der Waals surface area contributed by atoms with Crippen molar-refractivity contribution in [2.45, 2.75) is 25.3 Å². The second-order valence-electron chi connectivity index (χ2n) is 4.58. The summed E-state index contributed by atoms with van der Waals surface area (Å²) in [5.74, 6) is 0.664. The van der Waals surface area contributed by atoms with E-state index in [2.05, 4.69) is 17.4 Å². The third-order valence-electron chi connectivity index (χ3n) is 3.37. The molecule has 1 unspecified atom stereocenters. The van der Waals surface area contributed by atoms with Gasteiger partial charge < -0.3 is 11.1 Å². The average molecular weight is 239 g/mol. The lowest BCUT2D eigenvalue weighted by Gasteiger charge is -2.28. The quantitative estimate of drug-likeness (QED) is 0.848. The van der Waals surface area contributed by atoms with Crippen molar-refractivity contribution in [1.82, 2.24) is 5.32 Å². The number of benzene rings is 1. The third kappa shape index (κ3) is 3.21. The van der Waals surface area contributed by atoms with Gasteiger partial charge in [-0.2, -0.15) is 0 Å². The van der Waals surface area contributed by atoms with E-state index in [1.807, 2.05) is 12.1 Å². The predicted octanol–water partition coefficient (Wildman–Crippen LogP) is 2.21. The Kier molecular flexibility index (Phi) is 4.22. The number of nitrogens with one attached hydrogen (secondary N) is 1. The number of halogens is 1. The minimum atomic E-state index is 0.281. The summed E-state index contributed by atoms with van der Waals surface area (Å²) in [7, 11) is 0. The van der Waals surface area contributed by atoms with Crippen LogP contribution >= 0.6 is 11.6 Å². The van der Waals surface area contributed by atoms with Crippen LogP contribution in [0.2, 0.25) is 5.02 Å². The molecular formula is C13H19ClN2. The first-order chi connectivity index (χ1) is 7.75. The van der Waals surface area contributed by atoms with Crippen molar-refractivity contribution in [2.75, 3.05) is 13.1 Å². The van der Waals surface area contributed by atoms with Gasteiger partial charge in [0.05, 0.1) is 0 Å². The van der Waals surface area contributed by atoms with E-state index in [0.29, 0.717) is 5.92 Å². The highest BCUT2D eigenvalue weighted by molar-refractivity contribution is 6.30. The summed E-state index contributed by atoms with van der Waals surface area (Å²) < 4.78 is 0. The Morgan fingerprint density at radius 2 is 1.88 bits per heavy atom. The second-order valence-corrected chi connectivity index (χ2v) is 5.02. The number of nitrogens with two attached hydrogens (primary N) is 1. The lowest BCUT2D eigenvalue weighted by atomic mass is 9.87. The van der Waals surface area contributed by atoms with E-state index in [4.69, 9.17) is 17.3 Å². The van der Waals surface area contributed by atoms with E-state index in [1.165, 1.54) is 18.4 Å². The van der Waals surface area contributed by atoms with Crippen molar-refractivity contribution >= 4 is 11.6 Å². The van der Waals surface area contributed by atoms with Crippen LogP contribution in [-0.2, 0) is 6.42 Å². The zero-order valence-corrected chi connectivity index (χ0v) is 10.2. The van der Waals surface area contributed by atoms with E-state index in [0.717, 1.165) is 24.5 Å². The molecule has 1 heterocycles. The molecule has 0 aliphatic carbocycles. The molecule has 2 rings (SSSR count). The number of hydrogen-bond donors (Lipinski definition) is 2. The van der Waals surface area contributed by atoms with Crippen LogP contribution in [-0.4, -0.2) is 19.1 Å². The smallest absolute Gasteiger partial charge is 0.0406 e. The standard InChI is InChI=1S/C13H19ClN2/c14-12-3-1-10(2-4-12)9-13(15)11-5-7-16-8-6-11/h1-4,11,13,16H,5-9,15H2. The highest BCUT2D eigenvalue weighted by Gasteiger charge is 2.20. The molecule has 0 aromatic heterocycles. The Bertz CT molecular complexity index is 317. The van der Waals surface area contributed by atoms with Crippen molar-refractivity contribution in [1.29, 1.82) is 0 Å². The monoisotopic (exact) mass is 238 g/mol. The Morgan fingerprint density at radius 1 is 1.25 bits per heavy atom. The van der Waals surface area contributed by atoms with Crippen molar-refractivity contribution in [3.05, 3.63) is 34.9 Å². The third-order valence-corrected chi connectivity index (χ3v) is 3.63. The number of rotatable bonds is 3. The molecule has 0 radical (unpaired) electrons. The minimum absolute atomic E-state index is 0.281. The van der Waals surface area contributed by atoms with Gasteiger partial charge in [0.1, 0.15) is 0 Å². The fourth-order valence-electron chi connectivity index (χ4n) is 2.33. The first-order valence-corrected chi connectivity index (χ1v) is 6.34. The molecule has 0 saturated carbocycles. The van der Waals surface area contributed by atoms with Gasteiger partial charge in [0.25, 0.3) is 0 Å². The molecule has 1 aromatic rings. The highest BCUT2D eigenvalue weighted by atomic mass is 35.5. The summed E-state index contributed by atoms with van der Waals surface area (Å²) >= 11 is 5.86. The van der Waals surface area contributed by atoms with Gasteiger partial charge >= 0.3 is 0 Å². The number of piperidine rings is 1. The van der Waals surface area contributed by atoms with Gasteiger partial charge in [0, 0.05) is 11.1 Å². The van der Waals surface area contributed by atoms with Crippen molar-refractivity contribution in [3.8, 4) is 0 Å². The van der Waals surface area contributed by atoms with E-state index < -0.39 is 0 Å². The van der Waals surface area contributed by atoms with Gasteiger partial charge in [-0.3, -0.25) is 0 Å². The normalized spacial score (nSPS) is 19.6. The lowest BCUT2D eigenvalue weighted by molar-refractivity contribution is 0.316.